The Hall–Kier alpha value is -0.920. The lowest BCUT2D eigenvalue weighted by Crippen LogP contribution is -2.37. The zero-order valence-corrected chi connectivity index (χ0v) is 15.3. The first kappa shape index (κ1) is 16.9. The van der Waals surface area contributed by atoms with E-state index < -0.39 is 10.0 Å². The fourth-order valence-corrected chi connectivity index (χ4v) is 5.20. The summed E-state index contributed by atoms with van der Waals surface area (Å²) in [5, 5.41) is 2.59. The summed E-state index contributed by atoms with van der Waals surface area (Å²) in [5.74, 6) is 0. The van der Waals surface area contributed by atoms with Crippen molar-refractivity contribution < 1.29 is 8.42 Å². The monoisotopic (exact) mass is 370 g/mol. The van der Waals surface area contributed by atoms with Gasteiger partial charge in [0.25, 0.3) is 0 Å². The van der Waals surface area contributed by atoms with Gasteiger partial charge in [0.15, 0.2) is 0 Å². The molecule has 1 aromatic carbocycles. The van der Waals surface area contributed by atoms with Crippen molar-refractivity contribution in [2.45, 2.75) is 24.8 Å². The number of nitrogens with zero attached hydrogens (tertiary/aromatic N) is 1. The molecule has 23 heavy (non-hydrogen) atoms. The molecule has 0 saturated heterocycles. The largest absolute Gasteiger partial charge is 0.297 e. The van der Waals surface area contributed by atoms with E-state index in [1.807, 2.05) is 0 Å². The zero-order valence-electron chi connectivity index (χ0n) is 12.9. The third-order valence-electron chi connectivity index (χ3n) is 4.11. The van der Waals surface area contributed by atoms with Crippen LogP contribution in [0, 0.1) is 6.92 Å². The number of rotatable bonds is 5. The third kappa shape index (κ3) is 3.78. The van der Waals surface area contributed by atoms with Crippen LogP contribution in [0.15, 0.2) is 34.5 Å². The van der Waals surface area contributed by atoms with Crippen molar-refractivity contribution in [2.75, 3.05) is 19.6 Å². The topological polar surface area (TPSA) is 49.4 Å². The van der Waals surface area contributed by atoms with Crippen molar-refractivity contribution >= 4 is 33.0 Å². The molecule has 124 valence electrons. The van der Waals surface area contributed by atoms with Gasteiger partial charge in [-0.3, -0.25) is 4.90 Å². The average Bonchev–Trinajstić information content (AvgIpc) is 2.97. The molecule has 0 atom stereocenters. The molecule has 7 heteroatoms. The summed E-state index contributed by atoms with van der Waals surface area (Å²) in [4.78, 5) is 3.99. The Morgan fingerprint density at radius 2 is 2.17 bits per heavy atom. The van der Waals surface area contributed by atoms with Gasteiger partial charge in [0.05, 0.1) is 4.90 Å². The van der Waals surface area contributed by atoms with E-state index in [0.29, 0.717) is 23.7 Å². The summed E-state index contributed by atoms with van der Waals surface area (Å²) in [6.45, 7) is 4.70. The molecule has 2 heterocycles. The summed E-state index contributed by atoms with van der Waals surface area (Å²) < 4.78 is 27.5. The molecule has 1 aliphatic rings. The molecule has 2 aromatic rings. The highest BCUT2D eigenvalue weighted by molar-refractivity contribution is 7.89. The van der Waals surface area contributed by atoms with E-state index in [4.69, 9.17) is 11.6 Å². The highest BCUT2D eigenvalue weighted by Crippen LogP contribution is 2.24. The number of hydrogen-bond donors (Lipinski definition) is 1. The molecule has 0 saturated carbocycles. The minimum atomic E-state index is -3.52. The van der Waals surface area contributed by atoms with Gasteiger partial charge in [-0.25, -0.2) is 13.1 Å². The Morgan fingerprint density at radius 1 is 1.35 bits per heavy atom. The number of thiophene rings is 1. The number of hydrogen-bond acceptors (Lipinski definition) is 4. The van der Waals surface area contributed by atoms with Crippen LogP contribution >= 0.6 is 22.9 Å². The first-order valence-electron chi connectivity index (χ1n) is 7.50. The van der Waals surface area contributed by atoms with Crippen molar-refractivity contribution in [1.29, 1.82) is 0 Å². The van der Waals surface area contributed by atoms with Gasteiger partial charge >= 0.3 is 0 Å². The lowest BCUT2D eigenvalue weighted by atomic mass is 10.1. The summed E-state index contributed by atoms with van der Waals surface area (Å²) in [6, 6.07) is 7.10. The van der Waals surface area contributed by atoms with Crippen LogP contribution < -0.4 is 4.72 Å². The molecule has 3 rings (SSSR count). The highest BCUT2D eigenvalue weighted by Gasteiger charge is 2.20. The Balaban J connectivity index is 1.59. The molecule has 0 radical (unpaired) electrons. The van der Waals surface area contributed by atoms with Gasteiger partial charge in [-0.15, -0.1) is 11.3 Å². The number of sulfonamides is 1. The second-order valence-electron chi connectivity index (χ2n) is 5.66. The van der Waals surface area contributed by atoms with Crippen molar-refractivity contribution in [3.05, 3.63) is 50.7 Å². The summed E-state index contributed by atoms with van der Waals surface area (Å²) in [5.41, 5.74) is 1.96. The van der Waals surface area contributed by atoms with Crippen LogP contribution in [0.5, 0.6) is 0 Å². The van der Waals surface area contributed by atoms with Gasteiger partial charge in [-0.05, 0) is 48.1 Å². The predicted octanol–water partition coefficient (Wildman–Crippen LogP) is 3.05. The molecular formula is C16H19ClN2O2S2. The molecule has 4 nitrogen and oxygen atoms in total. The molecule has 1 N–H and O–H groups in total. The maximum absolute atomic E-state index is 12.4. The Bertz CT molecular complexity index is 802. The van der Waals surface area contributed by atoms with E-state index >= 15 is 0 Å². The fraction of sp³-hybridized carbons (Fsp3) is 0.375. The minimum absolute atomic E-state index is 0.253. The van der Waals surface area contributed by atoms with Crippen LogP contribution in [-0.2, 0) is 23.0 Å². The van der Waals surface area contributed by atoms with Gasteiger partial charge in [-0.2, -0.15) is 0 Å². The molecule has 0 aliphatic carbocycles. The molecule has 0 amide bonds. The number of nitrogens with one attached hydrogen (secondary N) is 1. The summed E-state index contributed by atoms with van der Waals surface area (Å²) in [6.07, 6.45) is 1.05. The van der Waals surface area contributed by atoms with Gasteiger partial charge < -0.3 is 0 Å². The van der Waals surface area contributed by atoms with Crippen molar-refractivity contribution in [3.63, 3.8) is 0 Å². The number of halogens is 1. The van der Waals surface area contributed by atoms with Gasteiger partial charge in [0, 0.05) is 36.1 Å². The van der Waals surface area contributed by atoms with E-state index in [1.165, 1.54) is 10.4 Å². The fourth-order valence-electron chi connectivity index (χ4n) is 2.79. The minimum Gasteiger partial charge on any atom is -0.297 e. The Kier molecular flexibility index (Phi) is 5.08. The zero-order chi connectivity index (χ0) is 16.4. The Morgan fingerprint density at radius 3 is 3.00 bits per heavy atom. The van der Waals surface area contributed by atoms with E-state index in [-0.39, 0.29) is 4.90 Å². The summed E-state index contributed by atoms with van der Waals surface area (Å²) >= 11 is 7.82. The van der Waals surface area contributed by atoms with Gasteiger partial charge in [-0.1, -0.05) is 17.7 Å². The highest BCUT2D eigenvalue weighted by atomic mass is 35.5. The number of benzene rings is 1. The maximum atomic E-state index is 12.4. The molecule has 1 aliphatic heterocycles. The molecule has 0 bridgehead atoms. The van der Waals surface area contributed by atoms with Crippen molar-refractivity contribution in [2.24, 2.45) is 0 Å². The van der Waals surface area contributed by atoms with Gasteiger partial charge in [0.1, 0.15) is 0 Å². The quantitative estimate of drug-likeness (QED) is 0.880. The first-order chi connectivity index (χ1) is 11.0. The second-order valence-corrected chi connectivity index (χ2v) is 8.80. The van der Waals surface area contributed by atoms with Crippen LogP contribution in [0.2, 0.25) is 5.02 Å². The summed E-state index contributed by atoms with van der Waals surface area (Å²) in [7, 11) is -3.52. The first-order valence-corrected chi connectivity index (χ1v) is 10.2. The van der Waals surface area contributed by atoms with E-state index in [2.05, 4.69) is 21.1 Å². The predicted molar refractivity (Wildman–Crippen MR) is 94.7 cm³/mol. The molecule has 0 fully saturated rings. The SMILES string of the molecule is Cc1c(Cl)cccc1S(=O)(=O)NCCN1CCc2sccc2C1. The van der Waals surface area contributed by atoms with Crippen LogP contribution in [0.4, 0.5) is 0 Å². The van der Waals surface area contributed by atoms with Crippen LogP contribution in [-0.4, -0.2) is 33.0 Å². The normalized spacial score (nSPS) is 15.6. The lowest BCUT2D eigenvalue weighted by molar-refractivity contribution is 0.260. The number of fused-ring (bicyclic) bond motifs is 1. The standard InChI is InChI=1S/C16H19ClN2O2S2/c1-12-14(17)3-2-4-16(12)23(20,21)18-7-9-19-8-5-15-13(11-19)6-10-22-15/h2-4,6,10,18H,5,7-9,11H2,1H3. The Labute approximate surface area is 146 Å². The molecule has 0 spiro atoms. The smallest absolute Gasteiger partial charge is 0.240 e. The average molecular weight is 371 g/mol. The molecule has 0 unspecified atom stereocenters. The van der Waals surface area contributed by atoms with Crippen molar-refractivity contribution in [3.8, 4) is 0 Å². The maximum Gasteiger partial charge on any atom is 0.240 e. The molecular weight excluding hydrogens is 352 g/mol. The van der Waals surface area contributed by atoms with E-state index in [0.717, 1.165) is 19.5 Å². The van der Waals surface area contributed by atoms with Crippen LogP contribution in [0.3, 0.4) is 0 Å². The molecule has 1 aromatic heterocycles. The van der Waals surface area contributed by atoms with E-state index in [9.17, 15) is 8.42 Å². The second kappa shape index (κ2) is 6.91. The van der Waals surface area contributed by atoms with Crippen LogP contribution in [0.25, 0.3) is 0 Å². The van der Waals surface area contributed by atoms with Crippen molar-refractivity contribution in [1.82, 2.24) is 9.62 Å². The lowest BCUT2D eigenvalue weighted by Gasteiger charge is -2.26. The third-order valence-corrected chi connectivity index (χ3v) is 7.15. The van der Waals surface area contributed by atoms with E-state index in [1.54, 1.807) is 36.5 Å². The van der Waals surface area contributed by atoms with Gasteiger partial charge in [0.2, 0.25) is 10.0 Å². The van der Waals surface area contributed by atoms with Crippen LogP contribution in [0.1, 0.15) is 16.0 Å².